The van der Waals surface area contributed by atoms with Gasteiger partial charge in [0.1, 0.15) is 16.1 Å². The highest BCUT2D eigenvalue weighted by molar-refractivity contribution is 7.92. The molecule has 0 radical (unpaired) electrons. The van der Waals surface area contributed by atoms with E-state index >= 15 is 0 Å². The molecule has 1 atom stereocenters. The van der Waals surface area contributed by atoms with Crippen molar-refractivity contribution in [1.29, 1.82) is 0 Å². The molecule has 1 heterocycles. The van der Waals surface area contributed by atoms with Crippen molar-refractivity contribution in [2.24, 2.45) is 5.92 Å². The molecular weight excluding hydrogens is 633 g/mol. The third-order valence-corrected chi connectivity index (χ3v) is 7.41. The van der Waals surface area contributed by atoms with Crippen molar-refractivity contribution in [3.8, 4) is 11.5 Å². The molecule has 0 amide bonds. The summed E-state index contributed by atoms with van der Waals surface area (Å²) in [7, 11) is -3.50. The van der Waals surface area contributed by atoms with Crippen LogP contribution >= 0.6 is 23.2 Å². The highest BCUT2D eigenvalue weighted by atomic mass is 35.5. The molecule has 43 heavy (non-hydrogen) atoms. The van der Waals surface area contributed by atoms with Gasteiger partial charge in [-0.05, 0) is 60.7 Å². The minimum atomic E-state index is -3.50. The van der Waals surface area contributed by atoms with E-state index in [1.807, 2.05) is 0 Å². The molecule has 0 saturated heterocycles. The minimum Gasteiger partial charge on any atom is -0.489 e. The molecule has 4 rings (SSSR count). The van der Waals surface area contributed by atoms with E-state index in [1.54, 1.807) is 0 Å². The number of ether oxygens (including phenoxy) is 4. The standard InChI is InChI=1S/C28H26Cl2F2N2O8S/c1-43(37,38)34-19-7-4-17(5-8-19)27(36)40-15-26(35)41-24(11-20-21(29)12-33-13-22(20)30)18-6-9-23(42-28(31)32)25(10-18)39-14-16-2-3-16/h4-10,12-13,16,24,28,34H,2-3,11,14-15H2,1H3/p+1/t24-/m0/s1. The number of esters is 2. The second kappa shape index (κ2) is 14.2. The van der Waals surface area contributed by atoms with Crippen LogP contribution in [0.25, 0.3) is 0 Å². The number of rotatable bonds is 14. The number of H-pyrrole nitrogens is 1. The third kappa shape index (κ3) is 9.94. The summed E-state index contributed by atoms with van der Waals surface area (Å²) < 4.78 is 72.2. The number of halogens is 4. The van der Waals surface area contributed by atoms with Gasteiger partial charge in [0, 0.05) is 17.7 Å². The second-order valence-electron chi connectivity index (χ2n) is 9.68. The van der Waals surface area contributed by atoms with Crippen LogP contribution in [-0.2, 0) is 30.7 Å². The first-order valence-electron chi connectivity index (χ1n) is 12.9. The average Bonchev–Trinajstić information content (AvgIpc) is 3.76. The van der Waals surface area contributed by atoms with Crippen molar-refractivity contribution in [3.63, 3.8) is 0 Å². The van der Waals surface area contributed by atoms with E-state index in [1.165, 1.54) is 54.9 Å². The molecule has 0 unspecified atom stereocenters. The van der Waals surface area contributed by atoms with Gasteiger partial charge < -0.3 is 18.9 Å². The van der Waals surface area contributed by atoms with Crippen molar-refractivity contribution >= 4 is 50.9 Å². The zero-order chi connectivity index (χ0) is 31.1. The number of hydrogen-bond acceptors (Lipinski definition) is 8. The Morgan fingerprint density at radius 1 is 1.05 bits per heavy atom. The Bertz CT molecular complexity index is 1550. The molecule has 2 N–H and O–H groups in total. The maximum Gasteiger partial charge on any atom is 0.387 e. The Labute approximate surface area is 256 Å². The Hall–Kier alpha value is -3.68. The number of alkyl halides is 2. The summed E-state index contributed by atoms with van der Waals surface area (Å²) in [6.45, 7) is -3.54. The van der Waals surface area contributed by atoms with E-state index in [0.29, 0.717) is 23.7 Å². The van der Waals surface area contributed by atoms with Crippen LogP contribution in [0.15, 0.2) is 54.9 Å². The van der Waals surface area contributed by atoms with Gasteiger partial charge in [-0.1, -0.05) is 29.3 Å². The van der Waals surface area contributed by atoms with E-state index in [-0.39, 0.29) is 39.2 Å². The molecule has 1 aliphatic carbocycles. The van der Waals surface area contributed by atoms with Gasteiger partial charge in [-0.3, -0.25) is 4.72 Å². The van der Waals surface area contributed by atoms with E-state index in [9.17, 15) is 26.8 Å². The van der Waals surface area contributed by atoms with E-state index in [4.69, 9.17) is 37.4 Å². The average molecular weight is 660 g/mol. The summed E-state index contributed by atoms with van der Waals surface area (Å²) >= 11 is 12.7. The third-order valence-electron chi connectivity index (χ3n) is 6.13. The number of anilines is 1. The second-order valence-corrected chi connectivity index (χ2v) is 12.2. The SMILES string of the molecule is CS(=O)(=O)Nc1ccc(C(=O)OCC(=O)O[C@@H](Cc2c(Cl)c[nH+]cc2Cl)c2ccc(OC(F)F)c(OCC3CC3)c2)cc1. The molecule has 230 valence electrons. The van der Waals surface area contributed by atoms with Gasteiger partial charge >= 0.3 is 18.6 Å². The van der Waals surface area contributed by atoms with Crippen LogP contribution in [0.2, 0.25) is 10.0 Å². The predicted molar refractivity (Wildman–Crippen MR) is 152 cm³/mol. The molecule has 10 nitrogen and oxygen atoms in total. The number of carbonyl (C=O) groups is 2. The fourth-order valence-electron chi connectivity index (χ4n) is 3.90. The fraction of sp³-hybridized carbons (Fsp3) is 0.321. The fourth-order valence-corrected chi connectivity index (χ4v) is 4.99. The summed E-state index contributed by atoms with van der Waals surface area (Å²) in [5.41, 5.74) is 1.10. The first-order valence-corrected chi connectivity index (χ1v) is 15.5. The Kier molecular flexibility index (Phi) is 10.6. The topological polar surface area (TPSA) is 131 Å². The van der Waals surface area contributed by atoms with Crippen molar-refractivity contribution < 1.29 is 50.7 Å². The smallest absolute Gasteiger partial charge is 0.387 e. The Balaban J connectivity index is 1.51. The maximum absolute atomic E-state index is 13.0. The van der Waals surface area contributed by atoms with E-state index < -0.39 is 41.3 Å². The van der Waals surface area contributed by atoms with Gasteiger partial charge in [0.2, 0.25) is 10.0 Å². The first kappa shape index (κ1) is 32.2. The minimum absolute atomic E-state index is 0.0159. The number of aromatic amines is 1. The number of hydrogen-bond donors (Lipinski definition) is 1. The van der Waals surface area contributed by atoms with Crippen molar-refractivity contribution in [2.75, 3.05) is 24.2 Å². The lowest BCUT2D eigenvalue weighted by Gasteiger charge is -2.21. The van der Waals surface area contributed by atoms with Crippen LogP contribution in [0.5, 0.6) is 11.5 Å². The summed E-state index contributed by atoms with van der Waals surface area (Å²) in [4.78, 5) is 28.1. The zero-order valence-corrected chi connectivity index (χ0v) is 25.0. The molecule has 1 aliphatic rings. The van der Waals surface area contributed by atoms with Crippen molar-refractivity contribution in [2.45, 2.75) is 32.0 Å². The lowest BCUT2D eigenvalue weighted by molar-refractivity contribution is -0.377. The molecule has 2 aromatic carbocycles. The number of carbonyl (C=O) groups excluding carboxylic acids is 2. The molecular formula is C28H27Cl2F2N2O8S+. The first-order chi connectivity index (χ1) is 20.4. The monoisotopic (exact) mass is 659 g/mol. The largest absolute Gasteiger partial charge is 0.489 e. The molecule has 3 aromatic rings. The molecule has 15 heteroatoms. The van der Waals surface area contributed by atoms with Crippen molar-refractivity contribution in [3.05, 3.63) is 81.6 Å². The van der Waals surface area contributed by atoms with Crippen LogP contribution in [0.1, 0.15) is 40.4 Å². The van der Waals surface area contributed by atoms with Crippen LogP contribution in [-0.4, -0.2) is 46.4 Å². The van der Waals surface area contributed by atoms with E-state index in [0.717, 1.165) is 19.1 Å². The van der Waals surface area contributed by atoms with Crippen LogP contribution in [0.4, 0.5) is 14.5 Å². The number of nitrogens with one attached hydrogen (secondary N) is 2. The van der Waals surface area contributed by atoms with Crippen LogP contribution in [0, 0.1) is 5.92 Å². The van der Waals surface area contributed by atoms with Gasteiger partial charge in [0.15, 0.2) is 30.5 Å². The van der Waals surface area contributed by atoms with Crippen LogP contribution in [0.3, 0.4) is 0 Å². The van der Waals surface area contributed by atoms with Gasteiger partial charge in [0.25, 0.3) is 0 Å². The lowest BCUT2D eigenvalue weighted by Crippen LogP contribution is -2.21. The van der Waals surface area contributed by atoms with Crippen molar-refractivity contribution in [1.82, 2.24) is 0 Å². The quantitative estimate of drug-likeness (QED) is 0.232. The number of benzene rings is 2. The van der Waals surface area contributed by atoms with Gasteiger partial charge in [-0.25, -0.2) is 23.0 Å². The lowest BCUT2D eigenvalue weighted by atomic mass is 10.0. The zero-order valence-electron chi connectivity index (χ0n) is 22.6. The van der Waals surface area contributed by atoms with Gasteiger partial charge in [-0.15, -0.1) is 0 Å². The normalized spacial score (nSPS) is 13.7. The summed E-state index contributed by atoms with van der Waals surface area (Å²) in [5.74, 6) is -1.59. The molecule has 1 saturated carbocycles. The summed E-state index contributed by atoms with van der Waals surface area (Å²) in [6, 6.07) is 9.54. The number of pyridine rings is 1. The van der Waals surface area contributed by atoms with Gasteiger partial charge in [0.05, 0.1) is 18.4 Å². The molecule has 0 bridgehead atoms. The molecule has 0 spiro atoms. The predicted octanol–water partition coefficient (Wildman–Crippen LogP) is 5.25. The highest BCUT2D eigenvalue weighted by Gasteiger charge is 2.26. The summed E-state index contributed by atoms with van der Waals surface area (Å²) in [6.07, 6.45) is 4.83. The highest BCUT2D eigenvalue weighted by Crippen LogP contribution is 2.37. The van der Waals surface area contributed by atoms with E-state index in [2.05, 4.69) is 14.4 Å². The number of sulfonamides is 1. The molecule has 0 aliphatic heterocycles. The summed E-state index contributed by atoms with van der Waals surface area (Å²) in [5, 5.41) is 0.522. The number of aromatic nitrogens is 1. The molecule has 1 aromatic heterocycles. The van der Waals surface area contributed by atoms with Gasteiger partial charge in [-0.2, -0.15) is 8.78 Å². The Morgan fingerprint density at radius 2 is 1.72 bits per heavy atom. The maximum atomic E-state index is 13.0. The molecule has 1 fully saturated rings. The van der Waals surface area contributed by atoms with Crippen LogP contribution < -0.4 is 19.2 Å². The Morgan fingerprint density at radius 3 is 2.33 bits per heavy atom.